The summed E-state index contributed by atoms with van der Waals surface area (Å²) in [5.41, 5.74) is -0.401. The molecule has 1 aliphatic heterocycles. The average Bonchev–Trinajstić information content (AvgIpc) is 2.47. The Morgan fingerprint density at radius 3 is 2.53 bits per heavy atom. The molecule has 92 valence electrons. The summed E-state index contributed by atoms with van der Waals surface area (Å²) in [6.45, 7) is 0. The first-order valence-corrected chi connectivity index (χ1v) is 5.27. The summed E-state index contributed by atoms with van der Waals surface area (Å²) < 4.78 is 0. The van der Waals surface area contributed by atoms with Gasteiger partial charge in [0.15, 0.2) is 6.17 Å². The first-order valence-electron chi connectivity index (χ1n) is 5.27. The third kappa shape index (κ3) is 2.46. The van der Waals surface area contributed by atoms with E-state index in [9.17, 15) is 14.4 Å². The standard InChI is InChI=1S/C13H7N3O3/c17-6-9-5-15-13(11(8-19)10(9)7-18)16-12-3-1-2-4-14-12/h1-5,13H,(H,14,16). The van der Waals surface area contributed by atoms with Crippen LogP contribution in [0.2, 0.25) is 0 Å². The number of carbonyl (C=O) groups excluding carboxylic acids is 3. The Morgan fingerprint density at radius 1 is 1.11 bits per heavy atom. The zero-order valence-corrected chi connectivity index (χ0v) is 9.58. The second kappa shape index (κ2) is 5.54. The summed E-state index contributed by atoms with van der Waals surface area (Å²) in [6, 6.07) is 5.16. The molecule has 0 radical (unpaired) electrons. The zero-order valence-electron chi connectivity index (χ0n) is 9.58. The van der Waals surface area contributed by atoms with Gasteiger partial charge in [0.1, 0.15) is 29.2 Å². The molecule has 1 aliphatic rings. The first kappa shape index (κ1) is 12.4. The minimum Gasteiger partial charge on any atom is -0.344 e. The molecule has 2 rings (SSSR count). The van der Waals surface area contributed by atoms with Crippen molar-refractivity contribution >= 4 is 29.9 Å². The summed E-state index contributed by atoms with van der Waals surface area (Å²) >= 11 is 0. The molecule has 0 bridgehead atoms. The summed E-state index contributed by atoms with van der Waals surface area (Å²) in [5.74, 6) is 5.14. The monoisotopic (exact) mass is 253 g/mol. The molecular weight excluding hydrogens is 246 g/mol. The number of aromatic nitrogens is 1. The van der Waals surface area contributed by atoms with Gasteiger partial charge in [0.2, 0.25) is 0 Å². The van der Waals surface area contributed by atoms with Crippen molar-refractivity contribution in [3.05, 3.63) is 41.1 Å². The van der Waals surface area contributed by atoms with E-state index in [0.717, 1.165) is 6.21 Å². The van der Waals surface area contributed by atoms with Gasteiger partial charge in [-0.3, -0.25) is 4.99 Å². The van der Waals surface area contributed by atoms with Crippen LogP contribution in [0.25, 0.3) is 0 Å². The number of hydrogen-bond acceptors (Lipinski definition) is 6. The van der Waals surface area contributed by atoms with Gasteiger partial charge in [-0.05, 0) is 12.1 Å². The number of nitrogens with one attached hydrogen (secondary N) is 1. The van der Waals surface area contributed by atoms with Crippen molar-refractivity contribution in [2.24, 2.45) is 4.99 Å². The SMILES string of the molecule is O=C=C1C=NC(Nc2ccccn2)C(=C=O)C1=C=O. The van der Waals surface area contributed by atoms with Crippen molar-refractivity contribution < 1.29 is 14.4 Å². The maximum Gasteiger partial charge on any atom is 0.157 e. The van der Waals surface area contributed by atoms with Gasteiger partial charge < -0.3 is 5.32 Å². The number of hydrogen-bond donors (Lipinski definition) is 1. The molecule has 2 heterocycles. The van der Waals surface area contributed by atoms with Crippen LogP contribution in [0.3, 0.4) is 0 Å². The Hall–Kier alpha value is -3.03. The van der Waals surface area contributed by atoms with Gasteiger partial charge in [-0.25, -0.2) is 19.4 Å². The fourth-order valence-corrected chi connectivity index (χ4v) is 1.56. The molecule has 19 heavy (non-hydrogen) atoms. The van der Waals surface area contributed by atoms with Gasteiger partial charge >= 0.3 is 0 Å². The van der Waals surface area contributed by atoms with E-state index >= 15 is 0 Å². The molecule has 1 atom stereocenters. The first-order chi connectivity index (χ1) is 9.30. The van der Waals surface area contributed by atoms with Crippen LogP contribution in [0.1, 0.15) is 0 Å². The van der Waals surface area contributed by atoms with Gasteiger partial charge in [-0.2, -0.15) is 0 Å². The molecule has 0 saturated carbocycles. The Labute approximate surface area is 107 Å². The second-order valence-electron chi connectivity index (χ2n) is 3.55. The zero-order chi connectivity index (χ0) is 13.7. The third-order valence-electron chi connectivity index (χ3n) is 2.44. The molecule has 1 aromatic heterocycles. The summed E-state index contributed by atoms with van der Waals surface area (Å²) in [6.07, 6.45) is 1.89. The topological polar surface area (TPSA) is 88.5 Å². The predicted molar refractivity (Wildman–Crippen MR) is 67.8 cm³/mol. The molecule has 0 aromatic carbocycles. The molecule has 0 spiro atoms. The minimum atomic E-state index is -0.832. The Balaban J connectivity index is 2.40. The average molecular weight is 253 g/mol. The van der Waals surface area contributed by atoms with Gasteiger partial charge in [-0.15, -0.1) is 0 Å². The fraction of sp³-hybridized carbons (Fsp3) is 0.0769. The van der Waals surface area contributed by atoms with Crippen molar-refractivity contribution in [2.75, 3.05) is 5.32 Å². The van der Waals surface area contributed by atoms with E-state index in [4.69, 9.17) is 0 Å². The number of allylic oxidation sites excluding steroid dienone is 1. The normalized spacial score (nSPS) is 17.5. The summed E-state index contributed by atoms with van der Waals surface area (Å²) in [4.78, 5) is 40.4. The lowest BCUT2D eigenvalue weighted by molar-refractivity contribution is 0.561. The van der Waals surface area contributed by atoms with Crippen LogP contribution in [0.5, 0.6) is 0 Å². The summed E-state index contributed by atoms with van der Waals surface area (Å²) in [5, 5.41) is 2.84. The van der Waals surface area contributed by atoms with Crippen molar-refractivity contribution in [3.8, 4) is 0 Å². The third-order valence-corrected chi connectivity index (χ3v) is 2.44. The van der Waals surface area contributed by atoms with E-state index in [0.29, 0.717) is 5.82 Å². The molecule has 6 heteroatoms. The van der Waals surface area contributed by atoms with E-state index in [2.05, 4.69) is 15.3 Å². The largest absolute Gasteiger partial charge is 0.344 e. The number of anilines is 1. The molecule has 0 saturated heterocycles. The molecule has 0 amide bonds. The lowest BCUT2D eigenvalue weighted by Gasteiger charge is -2.19. The highest BCUT2D eigenvalue weighted by molar-refractivity contribution is 6.04. The molecule has 1 aromatic rings. The van der Waals surface area contributed by atoms with Crippen molar-refractivity contribution in [1.82, 2.24) is 4.98 Å². The van der Waals surface area contributed by atoms with Crippen molar-refractivity contribution in [1.29, 1.82) is 0 Å². The molecular formula is C13H7N3O3. The molecule has 1 unspecified atom stereocenters. The predicted octanol–water partition coefficient (Wildman–Crippen LogP) is 0.178. The number of rotatable bonds is 2. The van der Waals surface area contributed by atoms with Crippen LogP contribution in [0, 0.1) is 0 Å². The van der Waals surface area contributed by atoms with Crippen molar-refractivity contribution in [3.63, 3.8) is 0 Å². The highest BCUT2D eigenvalue weighted by Gasteiger charge is 2.26. The highest BCUT2D eigenvalue weighted by atomic mass is 16.1. The van der Waals surface area contributed by atoms with Crippen LogP contribution in [-0.2, 0) is 14.4 Å². The summed E-state index contributed by atoms with van der Waals surface area (Å²) in [7, 11) is 0. The van der Waals surface area contributed by atoms with Crippen LogP contribution < -0.4 is 5.32 Å². The lowest BCUT2D eigenvalue weighted by atomic mass is 9.97. The van der Waals surface area contributed by atoms with Crippen LogP contribution >= 0.6 is 0 Å². The quantitative estimate of drug-likeness (QED) is 0.759. The van der Waals surface area contributed by atoms with E-state index in [1.54, 1.807) is 30.3 Å². The number of pyridine rings is 1. The Kier molecular flexibility index (Phi) is 3.62. The van der Waals surface area contributed by atoms with Crippen LogP contribution in [-0.4, -0.2) is 35.2 Å². The smallest absolute Gasteiger partial charge is 0.157 e. The minimum absolute atomic E-state index is 0.0958. The molecule has 0 aliphatic carbocycles. The fourth-order valence-electron chi connectivity index (χ4n) is 1.56. The maximum atomic E-state index is 11.0. The molecule has 6 nitrogen and oxygen atoms in total. The van der Waals surface area contributed by atoms with Crippen molar-refractivity contribution in [2.45, 2.75) is 6.17 Å². The Morgan fingerprint density at radius 2 is 1.95 bits per heavy atom. The van der Waals surface area contributed by atoms with Crippen LogP contribution in [0.4, 0.5) is 5.82 Å². The Bertz CT molecular complexity index is 674. The van der Waals surface area contributed by atoms with Gasteiger partial charge in [0, 0.05) is 12.4 Å². The second-order valence-corrected chi connectivity index (χ2v) is 3.55. The highest BCUT2D eigenvalue weighted by Crippen LogP contribution is 2.22. The number of nitrogens with zero attached hydrogens (tertiary/aromatic N) is 2. The van der Waals surface area contributed by atoms with E-state index < -0.39 is 6.17 Å². The maximum absolute atomic E-state index is 11.0. The molecule has 0 fully saturated rings. The lowest BCUT2D eigenvalue weighted by Crippen LogP contribution is -2.26. The van der Waals surface area contributed by atoms with Crippen LogP contribution in [0.15, 0.2) is 46.1 Å². The molecule has 1 N–H and O–H groups in total. The van der Waals surface area contributed by atoms with Gasteiger partial charge in [-0.1, -0.05) is 6.07 Å². The van der Waals surface area contributed by atoms with E-state index in [1.807, 2.05) is 0 Å². The van der Waals surface area contributed by atoms with Gasteiger partial charge in [0.05, 0.1) is 11.1 Å². The van der Waals surface area contributed by atoms with Gasteiger partial charge in [0.25, 0.3) is 0 Å². The van der Waals surface area contributed by atoms with E-state index in [1.165, 1.54) is 11.9 Å². The number of aliphatic imine (C=N–C) groups is 1. The van der Waals surface area contributed by atoms with E-state index in [-0.39, 0.29) is 16.7 Å².